The minimum absolute atomic E-state index is 0.0264. The number of nitrogens with one attached hydrogen (secondary N) is 1. The Morgan fingerprint density at radius 3 is 2.35 bits per heavy atom. The number of halogens is 2. The van der Waals surface area contributed by atoms with Crippen molar-refractivity contribution >= 4 is 28.6 Å². The van der Waals surface area contributed by atoms with E-state index in [0.29, 0.717) is 11.4 Å². The second kappa shape index (κ2) is 7.99. The summed E-state index contributed by atoms with van der Waals surface area (Å²) in [5, 5.41) is 3.33. The van der Waals surface area contributed by atoms with Crippen LogP contribution in [-0.2, 0) is 6.05 Å². The van der Waals surface area contributed by atoms with E-state index in [1.165, 1.54) is 22.3 Å². The smallest absolute Gasteiger partial charge is 0.334 e. The fourth-order valence-corrected chi connectivity index (χ4v) is 3.74. The van der Waals surface area contributed by atoms with Crippen molar-refractivity contribution in [3.05, 3.63) is 44.8 Å². The van der Waals surface area contributed by atoms with E-state index in [0.717, 1.165) is 29.3 Å². The molecule has 0 aliphatic heterocycles. The maximum atomic E-state index is 14.9. The van der Waals surface area contributed by atoms with Gasteiger partial charge in [0, 0.05) is 0 Å². The first kappa shape index (κ1) is 18.0. The third kappa shape index (κ3) is 4.16. The Bertz CT molecular complexity index is 596. The number of hydrogen-bond donors (Lipinski definition) is 1. The van der Waals surface area contributed by atoms with Crippen LogP contribution >= 0.6 is 22.7 Å². The van der Waals surface area contributed by atoms with Crippen molar-refractivity contribution in [3.8, 4) is 0 Å². The Morgan fingerprint density at radius 1 is 1.17 bits per heavy atom. The number of hydrogen-bond acceptors (Lipinski definition) is 3. The van der Waals surface area contributed by atoms with E-state index in [2.05, 4.69) is 0 Å². The van der Waals surface area contributed by atoms with Gasteiger partial charge in [0.1, 0.15) is 0 Å². The Balaban J connectivity index is 2.25. The summed E-state index contributed by atoms with van der Waals surface area (Å²) in [7, 11) is 0. The van der Waals surface area contributed by atoms with Gasteiger partial charge in [0.2, 0.25) is 0 Å². The van der Waals surface area contributed by atoms with E-state index in [-0.39, 0.29) is 11.4 Å². The van der Waals surface area contributed by atoms with E-state index in [1.54, 1.807) is 29.0 Å². The molecule has 0 aromatic carbocycles. The van der Waals surface area contributed by atoms with Crippen molar-refractivity contribution in [2.75, 3.05) is 26.2 Å². The minimum atomic E-state index is -3.29. The third-order valence-electron chi connectivity index (χ3n) is 3.82. The van der Waals surface area contributed by atoms with Crippen molar-refractivity contribution in [2.24, 2.45) is 0 Å². The normalized spacial score (nSPS) is 11.9. The first-order chi connectivity index (χ1) is 11.0. The van der Waals surface area contributed by atoms with Gasteiger partial charge in [-0.25, -0.2) is 0 Å². The Hall–Kier alpha value is -1.31. The van der Waals surface area contributed by atoms with Crippen molar-refractivity contribution in [1.29, 1.82) is 0 Å². The summed E-state index contributed by atoms with van der Waals surface area (Å²) in [6.45, 7) is 6.26. The van der Waals surface area contributed by atoms with Crippen LogP contribution in [0.25, 0.3) is 0 Å². The van der Waals surface area contributed by atoms with Gasteiger partial charge < -0.3 is 4.90 Å². The molecule has 3 nitrogen and oxygen atoms in total. The lowest BCUT2D eigenvalue weighted by Crippen LogP contribution is -3.12. The highest BCUT2D eigenvalue weighted by Gasteiger charge is 2.44. The lowest BCUT2D eigenvalue weighted by atomic mass is 10.3. The molecule has 2 aromatic rings. The molecule has 0 atom stereocenters. The summed E-state index contributed by atoms with van der Waals surface area (Å²) >= 11 is 2.16. The van der Waals surface area contributed by atoms with Gasteiger partial charge in [-0.1, -0.05) is 12.1 Å². The molecule has 2 rings (SSSR count). The van der Waals surface area contributed by atoms with Gasteiger partial charge in [-0.05, 0) is 36.7 Å². The number of carbonyl (C=O) groups is 1. The summed E-state index contributed by atoms with van der Waals surface area (Å²) in [5.41, 5.74) is 0. The maximum absolute atomic E-state index is 14.9. The quantitative estimate of drug-likeness (QED) is 0.720. The van der Waals surface area contributed by atoms with Crippen molar-refractivity contribution < 1.29 is 18.5 Å². The monoisotopic (exact) mass is 359 g/mol. The summed E-state index contributed by atoms with van der Waals surface area (Å²) in [6, 6.07) is 2.96. The lowest BCUT2D eigenvalue weighted by Gasteiger charge is -2.31. The number of likely N-dealkylation sites (N-methyl/N-ethyl adjacent to an activating group) is 1. The highest BCUT2D eigenvalue weighted by Crippen LogP contribution is 2.36. The fraction of sp³-hybridized carbons (Fsp3) is 0.438. The van der Waals surface area contributed by atoms with E-state index < -0.39 is 12.0 Å². The first-order valence-corrected chi connectivity index (χ1v) is 9.37. The van der Waals surface area contributed by atoms with Crippen molar-refractivity contribution in [3.63, 3.8) is 0 Å². The van der Waals surface area contributed by atoms with Crippen LogP contribution in [0.5, 0.6) is 0 Å². The molecule has 0 saturated carbocycles. The van der Waals surface area contributed by atoms with Gasteiger partial charge in [-0.15, -0.1) is 22.7 Å². The van der Waals surface area contributed by atoms with E-state index in [4.69, 9.17) is 0 Å². The van der Waals surface area contributed by atoms with Crippen LogP contribution < -0.4 is 4.90 Å². The fourth-order valence-electron chi connectivity index (χ4n) is 2.36. The van der Waals surface area contributed by atoms with E-state index in [9.17, 15) is 13.6 Å². The van der Waals surface area contributed by atoms with Crippen LogP contribution in [-0.4, -0.2) is 37.0 Å². The Labute approximate surface area is 143 Å². The molecule has 0 aliphatic carbocycles. The molecule has 2 aromatic heterocycles. The summed E-state index contributed by atoms with van der Waals surface area (Å²) in [6.07, 6.45) is 0. The second-order valence-corrected chi connectivity index (χ2v) is 7.06. The number of alkyl halides is 2. The Kier molecular flexibility index (Phi) is 6.26. The van der Waals surface area contributed by atoms with Gasteiger partial charge in [0.05, 0.1) is 35.9 Å². The van der Waals surface area contributed by atoms with Crippen LogP contribution in [0.3, 0.4) is 0 Å². The van der Waals surface area contributed by atoms with Crippen LogP contribution in [0.15, 0.2) is 35.0 Å². The predicted octanol–water partition coefficient (Wildman–Crippen LogP) is 2.93. The van der Waals surface area contributed by atoms with Crippen LogP contribution in [0.1, 0.15) is 28.4 Å². The average molecular weight is 359 g/mol. The molecule has 0 saturated heterocycles. The van der Waals surface area contributed by atoms with Gasteiger partial charge in [-0.3, -0.25) is 9.69 Å². The molecular formula is C16H21F2N2OS2+. The topological polar surface area (TPSA) is 24.8 Å². The van der Waals surface area contributed by atoms with Crippen LogP contribution in [0, 0.1) is 0 Å². The zero-order valence-corrected chi connectivity index (χ0v) is 14.9. The average Bonchev–Trinajstić information content (AvgIpc) is 3.24. The molecule has 0 fully saturated rings. The lowest BCUT2D eigenvalue weighted by molar-refractivity contribution is -0.895. The highest BCUT2D eigenvalue weighted by atomic mass is 32.1. The highest BCUT2D eigenvalue weighted by molar-refractivity contribution is 7.12. The zero-order valence-electron chi connectivity index (χ0n) is 13.2. The number of amides is 1. The van der Waals surface area contributed by atoms with E-state index in [1.807, 2.05) is 13.8 Å². The molecule has 23 heavy (non-hydrogen) atoms. The largest absolute Gasteiger partial charge is 0.364 e. The summed E-state index contributed by atoms with van der Waals surface area (Å²) < 4.78 is 29.7. The van der Waals surface area contributed by atoms with Gasteiger partial charge >= 0.3 is 6.05 Å². The molecule has 2 heterocycles. The van der Waals surface area contributed by atoms with Gasteiger partial charge in [0.15, 0.2) is 0 Å². The summed E-state index contributed by atoms with van der Waals surface area (Å²) in [4.78, 5) is 14.7. The second-order valence-electron chi connectivity index (χ2n) is 5.16. The standard InChI is InChI=1S/C16H20F2N2OS2/c1-3-19(4-2)9-10-20(15(21)13-7-5-11-22-13)16(17,18)14-8-6-12-23-14/h5-8,11-12H,3-4,9-10H2,1-2H3/p+1. The third-order valence-corrected chi connectivity index (χ3v) is 5.61. The molecule has 1 N–H and O–H groups in total. The molecule has 1 amide bonds. The first-order valence-electron chi connectivity index (χ1n) is 7.61. The molecule has 0 radical (unpaired) electrons. The summed E-state index contributed by atoms with van der Waals surface area (Å²) in [5.74, 6) is -0.607. The van der Waals surface area contributed by atoms with E-state index >= 15 is 0 Å². The van der Waals surface area contributed by atoms with Crippen LogP contribution in [0.4, 0.5) is 8.78 Å². The molecule has 126 valence electrons. The van der Waals surface area contributed by atoms with Crippen molar-refractivity contribution in [2.45, 2.75) is 19.9 Å². The SMILES string of the molecule is CC[NH+](CC)CCN(C(=O)c1cccs1)C(F)(F)c1cccs1. The number of rotatable bonds is 8. The van der Waals surface area contributed by atoms with Crippen molar-refractivity contribution in [1.82, 2.24) is 4.90 Å². The van der Waals surface area contributed by atoms with Crippen LogP contribution in [0.2, 0.25) is 0 Å². The number of carbonyl (C=O) groups excluding carboxylic acids is 1. The van der Waals surface area contributed by atoms with Gasteiger partial charge in [-0.2, -0.15) is 8.78 Å². The molecule has 0 aliphatic rings. The predicted molar refractivity (Wildman–Crippen MR) is 90.5 cm³/mol. The minimum Gasteiger partial charge on any atom is -0.334 e. The number of quaternary nitrogens is 1. The number of thiophene rings is 2. The molecule has 7 heteroatoms. The number of nitrogens with zero attached hydrogens (tertiary/aromatic N) is 1. The molecular weight excluding hydrogens is 338 g/mol. The maximum Gasteiger partial charge on any atom is 0.364 e. The molecule has 0 bridgehead atoms. The molecule has 0 unspecified atom stereocenters. The molecule has 0 spiro atoms. The Morgan fingerprint density at radius 2 is 1.83 bits per heavy atom. The van der Waals surface area contributed by atoms with Gasteiger partial charge in [0.25, 0.3) is 5.91 Å². The zero-order chi connectivity index (χ0) is 16.9.